The van der Waals surface area contributed by atoms with E-state index in [0.29, 0.717) is 0 Å². The normalized spacial score (nSPS) is 10.6. The summed E-state index contributed by atoms with van der Waals surface area (Å²) in [5.74, 6) is 0. The van der Waals surface area contributed by atoms with Crippen LogP contribution in [0.3, 0.4) is 0 Å². The fourth-order valence-corrected chi connectivity index (χ4v) is 1.48. The van der Waals surface area contributed by atoms with Crippen molar-refractivity contribution in [1.29, 1.82) is 0 Å². The Bertz CT molecular complexity index is 228. The van der Waals surface area contributed by atoms with Gasteiger partial charge in [0.25, 0.3) is 0 Å². The molecule has 0 N–H and O–H groups in total. The van der Waals surface area contributed by atoms with Crippen molar-refractivity contribution in [2.45, 2.75) is 52.6 Å². The Morgan fingerprint density at radius 1 is 1.15 bits per heavy atom. The van der Waals surface area contributed by atoms with Gasteiger partial charge in [-0.3, -0.25) is 0 Å². The largest absolute Gasteiger partial charge is 0.243 e. The molecule has 1 aromatic rings. The zero-order valence-corrected chi connectivity index (χ0v) is 8.87. The number of imidazole rings is 1. The van der Waals surface area contributed by atoms with Gasteiger partial charge in [0.15, 0.2) is 0 Å². The Balaban J connectivity index is 2.20. The van der Waals surface area contributed by atoms with Gasteiger partial charge in [-0.15, -0.1) is 0 Å². The van der Waals surface area contributed by atoms with Crippen molar-refractivity contribution in [3.8, 4) is 0 Å². The highest BCUT2D eigenvalue weighted by Crippen LogP contribution is 1.98. The van der Waals surface area contributed by atoms with E-state index in [9.17, 15) is 0 Å². The van der Waals surface area contributed by atoms with Crippen LogP contribution in [0.4, 0.5) is 0 Å². The van der Waals surface area contributed by atoms with Gasteiger partial charge < -0.3 is 0 Å². The molecule has 1 aromatic heterocycles. The van der Waals surface area contributed by atoms with E-state index in [1.807, 2.05) is 0 Å². The van der Waals surface area contributed by atoms with Crippen molar-refractivity contribution in [2.75, 3.05) is 0 Å². The molecule has 0 atom stereocenters. The first-order chi connectivity index (χ1) is 6.36. The van der Waals surface area contributed by atoms with Crippen molar-refractivity contribution < 1.29 is 4.57 Å². The number of aryl methyl sites for hydroxylation is 2. The van der Waals surface area contributed by atoms with Crippen LogP contribution in [0.15, 0.2) is 18.7 Å². The molecule has 0 amide bonds. The molecule has 0 fully saturated rings. The average molecular weight is 181 g/mol. The molecule has 0 aliphatic heterocycles. The molecule has 0 bridgehead atoms. The molecule has 0 saturated heterocycles. The van der Waals surface area contributed by atoms with Gasteiger partial charge in [0.05, 0.1) is 13.1 Å². The summed E-state index contributed by atoms with van der Waals surface area (Å²) in [6.07, 6.45) is 11.9. The minimum atomic E-state index is 1.07. The van der Waals surface area contributed by atoms with Crippen LogP contribution < -0.4 is 4.57 Å². The van der Waals surface area contributed by atoms with Crippen molar-refractivity contribution in [3.63, 3.8) is 0 Å². The van der Waals surface area contributed by atoms with Gasteiger partial charge in [-0.2, -0.15) is 0 Å². The van der Waals surface area contributed by atoms with Gasteiger partial charge in [0.1, 0.15) is 12.4 Å². The van der Waals surface area contributed by atoms with Crippen LogP contribution in [0.25, 0.3) is 0 Å². The van der Waals surface area contributed by atoms with E-state index in [4.69, 9.17) is 0 Å². The molecule has 2 heteroatoms. The standard InChI is InChI=1S/C11H21N2/c1-3-5-6-7-8-13-10-9-12(4-2)11-13/h9-11H,3-8H2,1-2H3/q+1. The minimum absolute atomic E-state index is 1.07. The predicted octanol–water partition coefficient (Wildman–Crippen LogP) is 2.38. The van der Waals surface area contributed by atoms with Crippen LogP contribution in [-0.2, 0) is 13.1 Å². The highest BCUT2D eigenvalue weighted by molar-refractivity contribution is 4.64. The first kappa shape index (κ1) is 10.3. The van der Waals surface area contributed by atoms with E-state index in [-0.39, 0.29) is 0 Å². The maximum absolute atomic E-state index is 2.28. The smallest absolute Gasteiger partial charge is 0.237 e. The zero-order valence-electron chi connectivity index (χ0n) is 8.87. The third-order valence-corrected chi connectivity index (χ3v) is 2.38. The minimum Gasteiger partial charge on any atom is -0.237 e. The second-order valence-electron chi connectivity index (χ2n) is 3.54. The summed E-state index contributed by atoms with van der Waals surface area (Å²) >= 11 is 0. The van der Waals surface area contributed by atoms with Gasteiger partial charge in [-0.25, -0.2) is 9.13 Å². The van der Waals surface area contributed by atoms with E-state index in [1.54, 1.807) is 0 Å². The topological polar surface area (TPSA) is 8.81 Å². The summed E-state index contributed by atoms with van der Waals surface area (Å²) < 4.78 is 4.49. The molecule has 0 radical (unpaired) electrons. The van der Waals surface area contributed by atoms with Crippen LogP contribution in [-0.4, -0.2) is 4.57 Å². The SMILES string of the molecule is CCCCCC[n+]1ccn(CC)c1. The van der Waals surface area contributed by atoms with E-state index < -0.39 is 0 Å². The highest BCUT2D eigenvalue weighted by atomic mass is 15.1. The molecule has 1 rings (SSSR count). The Morgan fingerprint density at radius 3 is 2.62 bits per heavy atom. The van der Waals surface area contributed by atoms with Gasteiger partial charge in [0.2, 0.25) is 6.33 Å². The van der Waals surface area contributed by atoms with Gasteiger partial charge in [-0.1, -0.05) is 19.8 Å². The second-order valence-corrected chi connectivity index (χ2v) is 3.54. The third-order valence-electron chi connectivity index (χ3n) is 2.38. The Morgan fingerprint density at radius 2 is 2.00 bits per heavy atom. The summed E-state index contributed by atoms with van der Waals surface area (Å²) in [5.41, 5.74) is 0. The van der Waals surface area contributed by atoms with Crippen LogP contribution >= 0.6 is 0 Å². The third kappa shape index (κ3) is 3.62. The number of rotatable bonds is 6. The summed E-state index contributed by atoms with van der Waals surface area (Å²) in [4.78, 5) is 0. The van der Waals surface area contributed by atoms with Gasteiger partial charge in [-0.05, 0) is 19.8 Å². The lowest BCUT2D eigenvalue weighted by molar-refractivity contribution is -0.696. The molecule has 74 valence electrons. The van der Waals surface area contributed by atoms with Crippen LogP contribution in [0.1, 0.15) is 39.5 Å². The summed E-state index contributed by atoms with van der Waals surface area (Å²) in [6, 6.07) is 0. The first-order valence-corrected chi connectivity index (χ1v) is 5.41. The maximum atomic E-state index is 2.28. The Hall–Kier alpha value is -0.790. The lowest BCUT2D eigenvalue weighted by Gasteiger charge is -1.95. The molecular weight excluding hydrogens is 160 g/mol. The van der Waals surface area contributed by atoms with Crippen LogP contribution in [0.2, 0.25) is 0 Å². The quantitative estimate of drug-likeness (QED) is 0.470. The molecule has 1 heterocycles. The lowest BCUT2D eigenvalue weighted by Crippen LogP contribution is -2.30. The van der Waals surface area contributed by atoms with Crippen LogP contribution in [0, 0.1) is 0 Å². The number of nitrogens with zero attached hydrogens (tertiary/aromatic N) is 2. The summed E-state index contributed by atoms with van der Waals surface area (Å²) in [7, 11) is 0. The molecule has 13 heavy (non-hydrogen) atoms. The van der Waals surface area contributed by atoms with Gasteiger partial charge >= 0.3 is 0 Å². The molecule has 0 spiro atoms. The lowest BCUT2D eigenvalue weighted by atomic mass is 10.2. The van der Waals surface area contributed by atoms with E-state index in [2.05, 4.69) is 41.7 Å². The number of aromatic nitrogens is 2. The number of unbranched alkanes of at least 4 members (excludes halogenated alkanes) is 3. The molecule has 0 saturated carbocycles. The zero-order chi connectivity index (χ0) is 9.52. The predicted molar refractivity (Wildman–Crippen MR) is 54.4 cm³/mol. The fraction of sp³-hybridized carbons (Fsp3) is 0.727. The average Bonchev–Trinajstić information content (AvgIpc) is 2.60. The summed E-state index contributed by atoms with van der Waals surface area (Å²) in [6.45, 7) is 6.66. The second kappa shape index (κ2) is 5.79. The van der Waals surface area contributed by atoms with Crippen molar-refractivity contribution in [1.82, 2.24) is 4.57 Å². The first-order valence-electron chi connectivity index (χ1n) is 5.41. The summed E-state index contributed by atoms with van der Waals surface area (Å²) in [5, 5.41) is 0. The van der Waals surface area contributed by atoms with Gasteiger partial charge in [0, 0.05) is 0 Å². The molecule has 0 aliphatic carbocycles. The van der Waals surface area contributed by atoms with E-state index in [0.717, 1.165) is 6.54 Å². The van der Waals surface area contributed by atoms with E-state index in [1.165, 1.54) is 32.2 Å². The van der Waals surface area contributed by atoms with Crippen LogP contribution in [0.5, 0.6) is 0 Å². The number of hydrogen-bond acceptors (Lipinski definition) is 0. The van der Waals surface area contributed by atoms with Crippen molar-refractivity contribution >= 4 is 0 Å². The van der Waals surface area contributed by atoms with Crippen molar-refractivity contribution in [2.24, 2.45) is 0 Å². The Kier molecular flexibility index (Phi) is 4.58. The molecule has 2 nitrogen and oxygen atoms in total. The highest BCUT2D eigenvalue weighted by Gasteiger charge is 2.00. The maximum Gasteiger partial charge on any atom is 0.243 e. The molecule has 0 aliphatic rings. The molecule has 0 aromatic carbocycles. The van der Waals surface area contributed by atoms with Crippen molar-refractivity contribution in [3.05, 3.63) is 18.7 Å². The molecule has 0 unspecified atom stereocenters. The fourth-order valence-electron chi connectivity index (χ4n) is 1.48. The number of hydrogen-bond donors (Lipinski definition) is 0. The van der Waals surface area contributed by atoms with E-state index >= 15 is 0 Å². The molecular formula is C11H21N2+. The monoisotopic (exact) mass is 181 g/mol. The Labute approximate surface area is 81.2 Å².